The van der Waals surface area contributed by atoms with Crippen LogP contribution in [0, 0.1) is 17.8 Å². The van der Waals surface area contributed by atoms with E-state index in [0.717, 1.165) is 25.8 Å². The van der Waals surface area contributed by atoms with E-state index in [1.165, 1.54) is 12.8 Å². The number of amides is 1. The summed E-state index contributed by atoms with van der Waals surface area (Å²) in [6.07, 6.45) is 6.61. The number of hydrogen-bond acceptors (Lipinski definition) is 2. The maximum absolute atomic E-state index is 12.8. The molecule has 0 spiro atoms. The highest BCUT2D eigenvalue weighted by Gasteiger charge is 2.38. The van der Waals surface area contributed by atoms with Gasteiger partial charge in [0.1, 0.15) is 0 Å². The first kappa shape index (κ1) is 15.3. The van der Waals surface area contributed by atoms with E-state index in [4.69, 9.17) is 5.11 Å². The SMILES string of the molecule is CC(C)CN(C(=O)C1CCC(C(=O)O)C1)C1CCCC1. The van der Waals surface area contributed by atoms with Crippen LogP contribution in [0.4, 0.5) is 0 Å². The summed E-state index contributed by atoms with van der Waals surface area (Å²) in [5, 5.41) is 9.08. The summed E-state index contributed by atoms with van der Waals surface area (Å²) in [7, 11) is 0. The van der Waals surface area contributed by atoms with Gasteiger partial charge in [-0.3, -0.25) is 9.59 Å². The molecule has 2 aliphatic carbocycles. The molecule has 0 aliphatic heterocycles. The molecule has 0 aromatic heterocycles. The molecule has 114 valence electrons. The molecule has 2 unspecified atom stereocenters. The average molecular weight is 281 g/mol. The monoisotopic (exact) mass is 281 g/mol. The van der Waals surface area contributed by atoms with Gasteiger partial charge in [-0.2, -0.15) is 0 Å². The maximum Gasteiger partial charge on any atom is 0.306 e. The average Bonchev–Trinajstić information content (AvgIpc) is 3.05. The molecule has 0 heterocycles. The molecule has 0 aromatic rings. The second-order valence-corrected chi connectivity index (χ2v) is 6.87. The molecule has 2 aliphatic rings. The number of hydrogen-bond donors (Lipinski definition) is 1. The highest BCUT2D eigenvalue weighted by molar-refractivity contribution is 5.81. The van der Waals surface area contributed by atoms with Crippen molar-refractivity contribution in [1.82, 2.24) is 4.90 Å². The lowest BCUT2D eigenvalue weighted by molar-refractivity contribution is -0.142. The predicted molar refractivity (Wildman–Crippen MR) is 77.3 cm³/mol. The first-order chi connectivity index (χ1) is 9.49. The zero-order valence-corrected chi connectivity index (χ0v) is 12.7. The summed E-state index contributed by atoms with van der Waals surface area (Å²) in [6.45, 7) is 5.10. The lowest BCUT2D eigenvalue weighted by atomic mass is 10.0. The van der Waals surface area contributed by atoms with Crippen molar-refractivity contribution in [1.29, 1.82) is 0 Å². The van der Waals surface area contributed by atoms with Crippen LogP contribution in [0.25, 0.3) is 0 Å². The summed E-state index contributed by atoms with van der Waals surface area (Å²) < 4.78 is 0. The Bertz CT molecular complexity index is 361. The van der Waals surface area contributed by atoms with Crippen LogP contribution in [0.15, 0.2) is 0 Å². The molecule has 2 fully saturated rings. The molecule has 4 heteroatoms. The highest BCUT2D eigenvalue weighted by atomic mass is 16.4. The third-order valence-electron chi connectivity index (χ3n) is 4.74. The fourth-order valence-corrected chi connectivity index (χ4v) is 3.69. The Morgan fingerprint density at radius 3 is 2.20 bits per heavy atom. The number of nitrogens with zero attached hydrogens (tertiary/aromatic N) is 1. The van der Waals surface area contributed by atoms with Gasteiger partial charge in [-0.1, -0.05) is 26.7 Å². The van der Waals surface area contributed by atoms with E-state index >= 15 is 0 Å². The van der Waals surface area contributed by atoms with E-state index in [1.54, 1.807) is 0 Å². The fourth-order valence-electron chi connectivity index (χ4n) is 3.69. The van der Waals surface area contributed by atoms with Crippen molar-refractivity contribution in [2.24, 2.45) is 17.8 Å². The molecule has 2 rings (SSSR count). The number of carboxylic acid groups (broad SMARTS) is 1. The van der Waals surface area contributed by atoms with Gasteiger partial charge >= 0.3 is 5.97 Å². The van der Waals surface area contributed by atoms with Gasteiger partial charge in [0.05, 0.1) is 5.92 Å². The second kappa shape index (κ2) is 6.59. The Morgan fingerprint density at radius 1 is 1.10 bits per heavy atom. The van der Waals surface area contributed by atoms with Crippen LogP contribution in [-0.2, 0) is 9.59 Å². The van der Waals surface area contributed by atoms with Gasteiger partial charge in [-0.25, -0.2) is 0 Å². The van der Waals surface area contributed by atoms with Crippen LogP contribution < -0.4 is 0 Å². The predicted octanol–water partition coefficient (Wildman–Crippen LogP) is 2.91. The van der Waals surface area contributed by atoms with Crippen molar-refractivity contribution in [2.45, 2.75) is 64.8 Å². The summed E-state index contributed by atoms with van der Waals surface area (Å²) in [4.78, 5) is 25.9. The van der Waals surface area contributed by atoms with E-state index in [-0.39, 0.29) is 17.7 Å². The van der Waals surface area contributed by atoms with Crippen molar-refractivity contribution in [3.8, 4) is 0 Å². The van der Waals surface area contributed by atoms with Crippen LogP contribution in [-0.4, -0.2) is 34.5 Å². The van der Waals surface area contributed by atoms with Gasteiger partial charge in [0.2, 0.25) is 5.91 Å². The van der Waals surface area contributed by atoms with E-state index in [1.807, 2.05) is 0 Å². The quantitative estimate of drug-likeness (QED) is 0.843. The standard InChI is InChI=1S/C16H27NO3/c1-11(2)10-17(14-5-3-4-6-14)15(18)12-7-8-13(9-12)16(19)20/h11-14H,3-10H2,1-2H3,(H,19,20). The molecular weight excluding hydrogens is 254 g/mol. The molecule has 0 aromatic carbocycles. The molecule has 1 amide bonds. The molecule has 2 atom stereocenters. The number of carbonyl (C=O) groups is 2. The third-order valence-corrected chi connectivity index (χ3v) is 4.74. The molecule has 4 nitrogen and oxygen atoms in total. The van der Waals surface area contributed by atoms with Gasteiger partial charge < -0.3 is 10.0 Å². The largest absolute Gasteiger partial charge is 0.481 e. The third kappa shape index (κ3) is 3.53. The summed E-state index contributed by atoms with van der Waals surface area (Å²) in [6, 6.07) is 0.397. The molecule has 0 saturated heterocycles. The van der Waals surface area contributed by atoms with Crippen molar-refractivity contribution < 1.29 is 14.7 Å². The maximum atomic E-state index is 12.8. The molecule has 0 radical (unpaired) electrons. The van der Waals surface area contributed by atoms with Crippen molar-refractivity contribution in [2.75, 3.05) is 6.54 Å². The molecule has 1 N–H and O–H groups in total. The van der Waals surface area contributed by atoms with Gasteiger partial charge in [0, 0.05) is 18.5 Å². The van der Waals surface area contributed by atoms with Crippen molar-refractivity contribution in [3.63, 3.8) is 0 Å². The minimum absolute atomic E-state index is 0.0598. The Balaban J connectivity index is 2.01. The molecular formula is C16H27NO3. The van der Waals surface area contributed by atoms with Crippen LogP contribution in [0.5, 0.6) is 0 Å². The molecule has 0 bridgehead atoms. The summed E-state index contributed by atoms with van der Waals surface area (Å²) in [5.74, 6) is -0.425. The highest BCUT2D eigenvalue weighted by Crippen LogP contribution is 2.34. The number of carboxylic acids is 1. The van der Waals surface area contributed by atoms with Crippen molar-refractivity contribution in [3.05, 3.63) is 0 Å². The van der Waals surface area contributed by atoms with Crippen LogP contribution in [0.1, 0.15) is 58.8 Å². The Labute approximate surface area is 121 Å². The lowest BCUT2D eigenvalue weighted by Gasteiger charge is -2.33. The second-order valence-electron chi connectivity index (χ2n) is 6.87. The number of rotatable bonds is 5. The zero-order chi connectivity index (χ0) is 14.7. The zero-order valence-electron chi connectivity index (χ0n) is 12.7. The first-order valence-corrected chi connectivity index (χ1v) is 8.02. The smallest absolute Gasteiger partial charge is 0.306 e. The Hall–Kier alpha value is -1.06. The minimum Gasteiger partial charge on any atom is -0.481 e. The van der Waals surface area contributed by atoms with Gasteiger partial charge in [0.25, 0.3) is 0 Å². The number of carbonyl (C=O) groups excluding carboxylic acids is 1. The first-order valence-electron chi connectivity index (χ1n) is 8.02. The minimum atomic E-state index is -0.739. The van der Waals surface area contributed by atoms with Crippen LogP contribution >= 0.6 is 0 Å². The van der Waals surface area contributed by atoms with Gasteiger partial charge in [-0.15, -0.1) is 0 Å². The normalized spacial score (nSPS) is 27.1. The van der Waals surface area contributed by atoms with Crippen molar-refractivity contribution >= 4 is 11.9 Å². The summed E-state index contributed by atoms with van der Waals surface area (Å²) >= 11 is 0. The van der Waals surface area contributed by atoms with E-state index in [2.05, 4.69) is 18.7 Å². The van der Waals surface area contributed by atoms with Gasteiger partial charge in [0.15, 0.2) is 0 Å². The molecule has 20 heavy (non-hydrogen) atoms. The Kier molecular flexibility index (Phi) is 5.06. The van der Waals surface area contributed by atoms with E-state index in [0.29, 0.717) is 24.8 Å². The van der Waals surface area contributed by atoms with E-state index in [9.17, 15) is 9.59 Å². The lowest BCUT2D eigenvalue weighted by Crippen LogP contribution is -2.44. The summed E-state index contributed by atoms with van der Waals surface area (Å²) in [5.41, 5.74) is 0. The fraction of sp³-hybridized carbons (Fsp3) is 0.875. The van der Waals surface area contributed by atoms with Gasteiger partial charge in [-0.05, 0) is 38.0 Å². The Morgan fingerprint density at radius 2 is 1.70 bits per heavy atom. The number of aliphatic carboxylic acids is 1. The topological polar surface area (TPSA) is 57.6 Å². The van der Waals surface area contributed by atoms with Crippen LogP contribution in [0.3, 0.4) is 0 Å². The molecule has 2 saturated carbocycles. The van der Waals surface area contributed by atoms with E-state index < -0.39 is 5.97 Å². The van der Waals surface area contributed by atoms with Crippen LogP contribution in [0.2, 0.25) is 0 Å².